The molecule has 4 amide bonds. The molecule has 174 valence electrons. The van der Waals surface area contributed by atoms with E-state index >= 15 is 0 Å². The lowest BCUT2D eigenvalue weighted by Gasteiger charge is -2.15. The second kappa shape index (κ2) is 8.81. The first-order chi connectivity index (χ1) is 16.2. The number of imide groups is 2. The van der Waals surface area contributed by atoms with Crippen LogP contribution in [0.25, 0.3) is 0 Å². The molecule has 2 aliphatic heterocycles. The number of rotatable bonds is 9. The predicted molar refractivity (Wildman–Crippen MR) is 115 cm³/mol. The SMILES string of the molecule is O=C1c2cccc([N+](=O)[O-])c2C(=O)N1CCCCCCN1C(=O)c2cccc([N+](=O)[O-])c2C1=O. The third-order valence-electron chi connectivity index (χ3n) is 5.86. The van der Waals surface area contributed by atoms with Crippen LogP contribution in [0, 0.1) is 20.2 Å². The summed E-state index contributed by atoms with van der Waals surface area (Å²) in [6, 6.07) is 7.85. The molecular formula is C22H18N4O8. The summed E-state index contributed by atoms with van der Waals surface area (Å²) in [4.78, 5) is 73.0. The first-order valence-electron chi connectivity index (χ1n) is 10.5. The lowest BCUT2D eigenvalue weighted by atomic mass is 10.1. The van der Waals surface area contributed by atoms with Crippen molar-refractivity contribution in [3.8, 4) is 0 Å². The molecule has 2 aromatic carbocycles. The maximum atomic E-state index is 12.6. The number of carbonyl (C=O) groups is 4. The van der Waals surface area contributed by atoms with Gasteiger partial charge in [-0.25, -0.2) is 0 Å². The number of nitro groups is 2. The molecule has 12 nitrogen and oxygen atoms in total. The first kappa shape index (κ1) is 22.7. The lowest BCUT2D eigenvalue weighted by Crippen LogP contribution is -2.31. The zero-order valence-electron chi connectivity index (χ0n) is 17.8. The third-order valence-corrected chi connectivity index (χ3v) is 5.86. The van der Waals surface area contributed by atoms with E-state index in [1.54, 1.807) is 0 Å². The Kier molecular flexibility index (Phi) is 5.88. The largest absolute Gasteiger partial charge is 0.282 e. The maximum Gasteiger partial charge on any atom is 0.282 e. The molecule has 2 heterocycles. The molecule has 2 aliphatic rings. The molecule has 0 aromatic heterocycles. The van der Waals surface area contributed by atoms with E-state index in [0.29, 0.717) is 25.7 Å². The van der Waals surface area contributed by atoms with Crippen molar-refractivity contribution < 1.29 is 29.0 Å². The third kappa shape index (κ3) is 3.68. The highest BCUT2D eigenvalue weighted by Gasteiger charge is 2.41. The zero-order chi connectivity index (χ0) is 24.6. The molecule has 0 atom stereocenters. The first-order valence-corrected chi connectivity index (χ1v) is 10.5. The van der Waals surface area contributed by atoms with Crippen molar-refractivity contribution in [1.82, 2.24) is 9.80 Å². The van der Waals surface area contributed by atoms with Crippen LogP contribution in [-0.2, 0) is 0 Å². The number of hydrogen-bond donors (Lipinski definition) is 0. The summed E-state index contributed by atoms with van der Waals surface area (Å²) in [6.07, 6.45) is 2.01. The molecule has 0 unspecified atom stereocenters. The van der Waals surface area contributed by atoms with Gasteiger partial charge in [0.15, 0.2) is 0 Å². The Bertz CT molecular complexity index is 1170. The fraction of sp³-hybridized carbons (Fsp3) is 0.273. The van der Waals surface area contributed by atoms with Crippen molar-refractivity contribution in [3.63, 3.8) is 0 Å². The van der Waals surface area contributed by atoms with Gasteiger partial charge >= 0.3 is 0 Å². The van der Waals surface area contributed by atoms with Gasteiger partial charge < -0.3 is 0 Å². The Hall–Kier alpha value is -4.48. The van der Waals surface area contributed by atoms with E-state index in [1.807, 2.05) is 0 Å². The van der Waals surface area contributed by atoms with E-state index in [1.165, 1.54) is 36.4 Å². The van der Waals surface area contributed by atoms with E-state index in [0.717, 1.165) is 9.80 Å². The normalized spacial score (nSPS) is 14.6. The molecule has 0 N–H and O–H groups in total. The standard InChI is InChI=1S/C22H18N4O8/c27-19-13-7-5-9-15(25(31)32)17(13)21(29)23(19)11-3-1-2-4-12-24-20(28)14-8-6-10-16(26(33)34)18(14)22(24)30/h5-10H,1-4,11-12H2. The molecule has 0 aliphatic carbocycles. The quantitative estimate of drug-likeness (QED) is 0.236. The van der Waals surface area contributed by atoms with Crippen molar-refractivity contribution in [2.75, 3.05) is 13.1 Å². The van der Waals surface area contributed by atoms with E-state index in [2.05, 4.69) is 0 Å². The highest BCUT2D eigenvalue weighted by atomic mass is 16.6. The van der Waals surface area contributed by atoms with Gasteiger partial charge in [0, 0.05) is 25.2 Å². The number of carbonyl (C=O) groups excluding carboxylic acids is 4. The molecule has 0 saturated heterocycles. The van der Waals surface area contributed by atoms with Crippen LogP contribution in [-0.4, -0.2) is 56.4 Å². The molecule has 12 heteroatoms. The minimum Gasteiger partial charge on any atom is -0.274 e. The van der Waals surface area contributed by atoms with Crippen LogP contribution in [0.5, 0.6) is 0 Å². The Morgan fingerprint density at radius 3 is 1.32 bits per heavy atom. The van der Waals surface area contributed by atoms with Crippen LogP contribution in [0.15, 0.2) is 36.4 Å². The average molecular weight is 466 g/mol. The van der Waals surface area contributed by atoms with Crippen molar-refractivity contribution in [2.24, 2.45) is 0 Å². The van der Waals surface area contributed by atoms with Gasteiger partial charge in [-0.05, 0) is 25.0 Å². The zero-order valence-corrected chi connectivity index (χ0v) is 17.8. The Balaban J connectivity index is 1.29. The molecule has 0 saturated carbocycles. The highest BCUT2D eigenvalue weighted by molar-refractivity contribution is 6.23. The summed E-state index contributed by atoms with van der Waals surface area (Å²) in [6.45, 7) is 0.172. The van der Waals surface area contributed by atoms with Crippen LogP contribution >= 0.6 is 0 Å². The molecule has 34 heavy (non-hydrogen) atoms. The van der Waals surface area contributed by atoms with Gasteiger partial charge in [0.25, 0.3) is 35.0 Å². The fourth-order valence-corrected chi connectivity index (χ4v) is 4.24. The predicted octanol–water partition coefficient (Wildman–Crippen LogP) is 2.96. The Morgan fingerprint density at radius 1 is 0.588 bits per heavy atom. The molecule has 2 aromatic rings. The summed E-state index contributed by atoms with van der Waals surface area (Å²) in [5.41, 5.74) is -1.17. The Morgan fingerprint density at radius 2 is 0.971 bits per heavy atom. The monoisotopic (exact) mass is 466 g/mol. The van der Waals surface area contributed by atoms with Crippen molar-refractivity contribution in [1.29, 1.82) is 0 Å². The van der Waals surface area contributed by atoms with Crippen LogP contribution in [0.4, 0.5) is 11.4 Å². The van der Waals surface area contributed by atoms with Gasteiger partial charge in [-0.3, -0.25) is 49.2 Å². The van der Waals surface area contributed by atoms with Gasteiger partial charge in [0.05, 0.1) is 21.0 Å². The van der Waals surface area contributed by atoms with Crippen molar-refractivity contribution in [2.45, 2.75) is 25.7 Å². The summed E-state index contributed by atoms with van der Waals surface area (Å²) >= 11 is 0. The van der Waals surface area contributed by atoms with Crippen LogP contribution in [0.1, 0.15) is 67.1 Å². The highest BCUT2D eigenvalue weighted by Crippen LogP contribution is 2.32. The maximum absolute atomic E-state index is 12.6. The number of hydrogen-bond acceptors (Lipinski definition) is 8. The molecule has 0 fully saturated rings. The fourth-order valence-electron chi connectivity index (χ4n) is 4.24. The van der Waals surface area contributed by atoms with Gasteiger partial charge in [0.1, 0.15) is 11.1 Å². The molecule has 0 radical (unpaired) electrons. The van der Waals surface area contributed by atoms with Crippen LogP contribution in [0.2, 0.25) is 0 Å². The van der Waals surface area contributed by atoms with E-state index in [9.17, 15) is 39.4 Å². The number of nitro benzene ring substituents is 2. The number of unbranched alkanes of at least 4 members (excludes halogenated alkanes) is 3. The number of amides is 4. The van der Waals surface area contributed by atoms with Gasteiger partial charge in [-0.1, -0.05) is 25.0 Å². The summed E-state index contributed by atoms with van der Waals surface area (Å²) in [7, 11) is 0. The smallest absolute Gasteiger partial charge is 0.274 e. The van der Waals surface area contributed by atoms with Gasteiger partial charge in [-0.2, -0.15) is 0 Å². The molecule has 0 spiro atoms. The van der Waals surface area contributed by atoms with Gasteiger partial charge in [-0.15, -0.1) is 0 Å². The van der Waals surface area contributed by atoms with Crippen molar-refractivity contribution in [3.05, 3.63) is 78.9 Å². The van der Waals surface area contributed by atoms with E-state index in [-0.39, 0.29) is 35.3 Å². The summed E-state index contributed by atoms with van der Waals surface area (Å²) in [5, 5.41) is 22.3. The number of fused-ring (bicyclic) bond motifs is 2. The molecule has 4 rings (SSSR count). The lowest BCUT2D eigenvalue weighted by molar-refractivity contribution is -0.385. The van der Waals surface area contributed by atoms with Crippen LogP contribution < -0.4 is 0 Å². The van der Waals surface area contributed by atoms with Crippen LogP contribution in [0.3, 0.4) is 0 Å². The second-order valence-corrected chi connectivity index (χ2v) is 7.85. The second-order valence-electron chi connectivity index (χ2n) is 7.85. The van der Waals surface area contributed by atoms with E-state index in [4.69, 9.17) is 0 Å². The summed E-state index contributed by atoms with van der Waals surface area (Å²) in [5.74, 6) is -2.53. The average Bonchev–Trinajstić information content (AvgIpc) is 3.21. The van der Waals surface area contributed by atoms with Gasteiger partial charge in [0.2, 0.25) is 0 Å². The number of benzene rings is 2. The molecule has 0 bridgehead atoms. The molecular weight excluding hydrogens is 448 g/mol. The summed E-state index contributed by atoms with van der Waals surface area (Å²) < 4.78 is 0. The minimum absolute atomic E-state index is 0.0129. The van der Waals surface area contributed by atoms with Crippen molar-refractivity contribution >= 4 is 35.0 Å². The van der Waals surface area contributed by atoms with E-state index < -0.39 is 44.9 Å². The topological polar surface area (TPSA) is 161 Å². The number of nitrogens with zero attached hydrogens (tertiary/aromatic N) is 4. The Labute approximate surface area is 192 Å². The minimum atomic E-state index is -0.695.